The van der Waals surface area contributed by atoms with Crippen molar-refractivity contribution >= 4 is 6.16 Å². The lowest BCUT2D eigenvalue weighted by Gasteiger charge is -2.26. The molecule has 0 aromatic heterocycles. The van der Waals surface area contributed by atoms with Crippen LogP contribution in [0.4, 0.5) is 4.79 Å². The fourth-order valence-corrected chi connectivity index (χ4v) is 2.46. The molecule has 104 valence electrons. The number of ether oxygens (including phenoxy) is 4. The van der Waals surface area contributed by atoms with Gasteiger partial charge in [0.25, 0.3) is 0 Å². The van der Waals surface area contributed by atoms with Crippen LogP contribution in [-0.2, 0) is 18.9 Å². The van der Waals surface area contributed by atoms with Gasteiger partial charge in [0.2, 0.25) is 0 Å². The van der Waals surface area contributed by atoms with E-state index < -0.39 is 6.16 Å². The highest BCUT2D eigenvalue weighted by Gasteiger charge is 2.56. The van der Waals surface area contributed by atoms with E-state index in [1.165, 1.54) is 0 Å². The van der Waals surface area contributed by atoms with Crippen molar-refractivity contribution in [3.8, 4) is 0 Å². The SMILES string of the molecule is CCCCOC(=O)OC1CO[C@]2(C)C(C)CO[C@H]12. The van der Waals surface area contributed by atoms with Crippen LogP contribution >= 0.6 is 0 Å². The Morgan fingerprint density at radius 1 is 1.44 bits per heavy atom. The summed E-state index contributed by atoms with van der Waals surface area (Å²) in [5.41, 5.74) is -0.339. The highest BCUT2D eigenvalue weighted by atomic mass is 16.7. The van der Waals surface area contributed by atoms with Gasteiger partial charge >= 0.3 is 6.16 Å². The van der Waals surface area contributed by atoms with Crippen molar-refractivity contribution in [1.29, 1.82) is 0 Å². The van der Waals surface area contributed by atoms with Gasteiger partial charge in [-0.05, 0) is 13.3 Å². The molecule has 2 fully saturated rings. The maximum Gasteiger partial charge on any atom is 0.508 e. The van der Waals surface area contributed by atoms with Gasteiger partial charge < -0.3 is 18.9 Å². The molecule has 0 radical (unpaired) electrons. The predicted molar refractivity (Wildman–Crippen MR) is 64.4 cm³/mol. The van der Waals surface area contributed by atoms with Crippen LogP contribution in [0.25, 0.3) is 0 Å². The number of fused-ring (bicyclic) bond motifs is 1. The molecular weight excluding hydrogens is 236 g/mol. The van der Waals surface area contributed by atoms with Gasteiger partial charge in [0.15, 0.2) is 6.10 Å². The van der Waals surface area contributed by atoms with E-state index in [1.54, 1.807) is 0 Å². The minimum absolute atomic E-state index is 0.175. The molecular formula is C13H22O5. The third-order valence-electron chi connectivity index (χ3n) is 3.93. The van der Waals surface area contributed by atoms with E-state index in [0.717, 1.165) is 12.8 Å². The summed E-state index contributed by atoms with van der Waals surface area (Å²) in [5, 5.41) is 0. The van der Waals surface area contributed by atoms with Crippen LogP contribution in [0.15, 0.2) is 0 Å². The Kier molecular flexibility index (Phi) is 4.12. The van der Waals surface area contributed by atoms with Crippen LogP contribution in [-0.4, -0.2) is 43.8 Å². The van der Waals surface area contributed by atoms with Crippen molar-refractivity contribution in [2.75, 3.05) is 19.8 Å². The zero-order chi connectivity index (χ0) is 13.2. The molecule has 0 aliphatic carbocycles. The molecule has 2 heterocycles. The first-order valence-corrected chi connectivity index (χ1v) is 6.67. The largest absolute Gasteiger partial charge is 0.508 e. The molecule has 2 unspecified atom stereocenters. The first-order valence-electron chi connectivity index (χ1n) is 6.67. The molecule has 0 spiro atoms. The van der Waals surface area contributed by atoms with Crippen molar-refractivity contribution in [3.63, 3.8) is 0 Å². The van der Waals surface area contributed by atoms with Crippen LogP contribution in [0, 0.1) is 5.92 Å². The zero-order valence-corrected chi connectivity index (χ0v) is 11.3. The molecule has 2 saturated heterocycles. The van der Waals surface area contributed by atoms with E-state index >= 15 is 0 Å². The fourth-order valence-electron chi connectivity index (χ4n) is 2.46. The summed E-state index contributed by atoms with van der Waals surface area (Å²) in [4.78, 5) is 11.5. The van der Waals surface area contributed by atoms with Crippen LogP contribution in [0.3, 0.4) is 0 Å². The van der Waals surface area contributed by atoms with E-state index in [1.807, 2.05) is 13.8 Å². The van der Waals surface area contributed by atoms with E-state index in [4.69, 9.17) is 18.9 Å². The Morgan fingerprint density at radius 3 is 2.94 bits per heavy atom. The van der Waals surface area contributed by atoms with Crippen LogP contribution in [0.2, 0.25) is 0 Å². The van der Waals surface area contributed by atoms with Gasteiger partial charge in [0.05, 0.1) is 19.8 Å². The summed E-state index contributed by atoms with van der Waals surface area (Å²) in [6.07, 6.45) is 0.691. The Hall–Kier alpha value is -0.810. The third kappa shape index (κ3) is 2.47. The number of hydrogen-bond acceptors (Lipinski definition) is 5. The van der Waals surface area contributed by atoms with Gasteiger partial charge in [-0.25, -0.2) is 4.79 Å². The minimum atomic E-state index is -0.621. The second-order valence-corrected chi connectivity index (χ2v) is 5.26. The average molecular weight is 258 g/mol. The topological polar surface area (TPSA) is 54.0 Å². The maximum absolute atomic E-state index is 11.5. The molecule has 2 aliphatic rings. The second kappa shape index (κ2) is 5.45. The normalized spacial score (nSPS) is 38.5. The average Bonchev–Trinajstić information content (AvgIpc) is 2.79. The molecule has 4 atom stereocenters. The second-order valence-electron chi connectivity index (χ2n) is 5.26. The molecule has 0 saturated carbocycles. The van der Waals surface area contributed by atoms with Gasteiger partial charge in [0.1, 0.15) is 11.7 Å². The summed E-state index contributed by atoms with van der Waals surface area (Å²) >= 11 is 0. The zero-order valence-electron chi connectivity index (χ0n) is 11.3. The van der Waals surface area contributed by atoms with Crippen molar-refractivity contribution < 1.29 is 23.7 Å². The van der Waals surface area contributed by atoms with Crippen molar-refractivity contribution in [2.45, 2.75) is 51.4 Å². The molecule has 0 aromatic rings. The first-order chi connectivity index (χ1) is 8.58. The standard InChI is InChI=1S/C13H22O5/c1-4-5-6-15-12(14)18-10-8-17-13(3)9(2)7-16-11(10)13/h9-11H,4-8H2,1-3H3/t9?,10?,11-,13-/m1/s1. The third-order valence-corrected chi connectivity index (χ3v) is 3.93. The van der Waals surface area contributed by atoms with Gasteiger partial charge in [-0.2, -0.15) is 0 Å². The lowest BCUT2D eigenvalue weighted by molar-refractivity contribution is -0.0360. The van der Waals surface area contributed by atoms with Crippen molar-refractivity contribution in [1.82, 2.24) is 0 Å². The summed E-state index contributed by atoms with van der Waals surface area (Å²) in [6, 6.07) is 0. The maximum atomic E-state index is 11.5. The van der Waals surface area contributed by atoms with Crippen LogP contribution in [0.5, 0.6) is 0 Å². The quantitative estimate of drug-likeness (QED) is 0.571. The van der Waals surface area contributed by atoms with E-state index in [0.29, 0.717) is 25.7 Å². The molecule has 5 nitrogen and oxygen atoms in total. The lowest BCUT2D eigenvalue weighted by atomic mass is 9.88. The number of hydrogen-bond donors (Lipinski definition) is 0. The van der Waals surface area contributed by atoms with Crippen LogP contribution in [0.1, 0.15) is 33.6 Å². The number of carbonyl (C=O) groups is 1. The Labute approximate surface area is 108 Å². The Balaban J connectivity index is 1.83. The molecule has 2 aliphatic heterocycles. The molecule has 2 rings (SSSR count). The Bertz CT molecular complexity index is 306. The van der Waals surface area contributed by atoms with Crippen molar-refractivity contribution in [2.24, 2.45) is 5.92 Å². The number of unbranched alkanes of at least 4 members (excludes halogenated alkanes) is 1. The smallest absolute Gasteiger partial charge is 0.434 e. The molecule has 0 N–H and O–H groups in total. The molecule has 0 bridgehead atoms. The molecule has 18 heavy (non-hydrogen) atoms. The van der Waals surface area contributed by atoms with Gasteiger partial charge in [-0.15, -0.1) is 0 Å². The van der Waals surface area contributed by atoms with E-state index in [-0.39, 0.29) is 17.8 Å². The lowest BCUT2D eigenvalue weighted by Crippen LogP contribution is -2.41. The number of rotatable bonds is 4. The summed E-state index contributed by atoms with van der Waals surface area (Å²) < 4.78 is 21.7. The van der Waals surface area contributed by atoms with Crippen molar-refractivity contribution in [3.05, 3.63) is 0 Å². The van der Waals surface area contributed by atoms with Gasteiger partial charge in [0, 0.05) is 5.92 Å². The fraction of sp³-hybridized carbons (Fsp3) is 0.923. The minimum Gasteiger partial charge on any atom is -0.434 e. The highest BCUT2D eigenvalue weighted by Crippen LogP contribution is 2.41. The van der Waals surface area contributed by atoms with E-state index in [9.17, 15) is 4.79 Å². The first kappa shape index (κ1) is 13.6. The molecule has 5 heteroatoms. The highest BCUT2D eigenvalue weighted by molar-refractivity contribution is 5.60. The summed E-state index contributed by atoms with van der Waals surface area (Å²) in [6.45, 7) is 7.57. The number of carbonyl (C=O) groups excluding carboxylic acids is 1. The Morgan fingerprint density at radius 2 is 2.22 bits per heavy atom. The molecule has 0 aromatic carbocycles. The summed E-state index contributed by atoms with van der Waals surface area (Å²) in [7, 11) is 0. The van der Waals surface area contributed by atoms with Gasteiger partial charge in [-0.3, -0.25) is 0 Å². The van der Waals surface area contributed by atoms with Crippen LogP contribution < -0.4 is 0 Å². The summed E-state index contributed by atoms with van der Waals surface area (Å²) in [5.74, 6) is 0.312. The monoisotopic (exact) mass is 258 g/mol. The predicted octanol–water partition coefficient (Wildman–Crippen LogP) is 2.13. The van der Waals surface area contributed by atoms with Gasteiger partial charge in [-0.1, -0.05) is 20.3 Å². The van der Waals surface area contributed by atoms with E-state index in [2.05, 4.69) is 6.92 Å². The molecule has 0 amide bonds.